The van der Waals surface area contributed by atoms with Crippen molar-refractivity contribution in [3.8, 4) is 0 Å². The molecule has 0 spiro atoms. The number of halogens is 1. The summed E-state index contributed by atoms with van der Waals surface area (Å²) in [6.45, 7) is 1.74. The molecule has 0 radical (unpaired) electrons. The number of nitrogens with one attached hydrogen (secondary N) is 1. The molecule has 1 atom stereocenters. The summed E-state index contributed by atoms with van der Waals surface area (Å²) in [6.07, 6.45) is 1.18. The van der Waals surface area contributed by atoms with E-state index in [-0.39, 0.29) is 17.6 Å². The molecule has 0 aliphatic carbocycles. The molecule has 0 aliphatic heterocycles. The van der Waals surface area contributed by atoms with Crippen LogP contribution < -0.4 is 5.32 Å². The van der Waals surface area contributed by atoms with Crippen LogP contribution in [-0.2, 0) is 9.84 Å². The third-order valence-electron chi connectivity index (χ3n) is 1.79. The minimum Gasteiger partial charge on any atom is -0.381 e. The van der Waals surface area contributed by atoms with Gasteiger partial charge in [0.1, 0.15) is 15.7 Å². The van der Waals surface area contributed by atoms with Gasteiger partial charge in [-0.3, -0.25) is 0 Å². The van der Waals surface area contributed by atoms with Gasteiger partial charge in [0.15, 0.2) is 0 Å². The molecule has 0 heterocycles. The first-order valence-corrected chi connectivity index (χ1v) is 6.63. The topological polar surface area (TPSA) is 46.2 Å². The largest absolute Gasteiger partial charge is 0.381 e. The smallest absolute Gasteiger partial charge is 0.149 e. The first-order chi connectivity index (χ1) is 6.87. The van der Waals surface area contributed by atoms with Crippen LogP contribution >= 0.6 is 0 Å². The predicted octanol–water partition coefficient (Wildman–Crippen LogP) is 1.67. The Kier molecular flexibility index (Phi) is 3.68. The number of rotatable bonds is 4. The zero-order chi connectivity index (χ0) is 11.5. The number of hydrogen-bond acceptors (Lipinski definition) is 3. The van der Waals surface area contributed by atoms with E-state index >= 15 is 0 Å². The van der Waals surface area contributed by atoms with Crippen LogP contribution in [0.3, 0.4) is 0 Å². The van der Waals surface area contributed by atoms with Crippen molar-refractivity contribution in [2.45, 2.75) is 13.0 Å². The fraction of sp³-hybridized carbons (Fsp3) is 0.400. The van der Waals surface area contributed by atoms with Crippen LogP contribution in [0.25, 0.3) is 0 Å². The van der Waals surface area contributed by atoms with Gasteiger partial charge < -0.3 is 5.32 Å². The number of sulfone groups is 1. The monoisotopic (exact) mass is 231 g/mol. The van der Waals surface area contributed by atoms with Crippen molar-refractivity contribution in [3.05, 3.63) is 30.1 Å². The molecule has 0 amide bonds. The van der Waals surface area contributed by atoms with Crippen LogP contribution in [0, 0.1) is 5.82 Å². The molecule has 84 valence electrons. The minimum absolute atomic E-state index is 0.0313. The standard InChI is InChI=1S/C10H14FNO2S/c1-8(7-15(2,13)14)12-10-5-3-4-9(11)6-10/h3-6,8,12H,7H2,1-2H3. The molecule has 3 nitrogen and oxygen atoms in total. The fourth-order valence-electron chi connectivity index (χ4n) is 1.36. The lowest BCUT2D eigenvalue weighted by molar-refractivity contribution is 0.598. The summed E-state index contributed by atoms with van der Waals surface area (Å²) < 4.78 is 34.8. The highest BCUT2D eigenvalue weighted by atomic mass is 32.2. The van der Waals surface area contributed by atoms with E-state index in [1.165, 1.54) is 18.4 Å². The summed E-state index contributed by atoms with van der Waals surface area (Å²) in [5.41, 5.74) is 0.589. The molecule has 0 bridgehead atoms. The molecule has 1 N–H and O–H groups in total. The molecule has 0 aliphatic rings. The van der Waals surface area contributed by atoms with Gasteiger partial charge in [0, 0.05) is 18.0 Å². The van der Waals surface area contributed by atoms with E-state index in [9.17, 15) is 12.8 Å². The summed E-state index contributed by atoms with van der Waals surface area (Å²) in [6, 6.07) is 5.71. The summed E-state index contributed by atoms with van der Waals surface area (Å²) in [5.74, 6) is -0.310. The fourth-order valence-corrected chi connectivity index (χ4v) is 2.35. The normalized spacial score (nSPS) is 13.5. The Balaban J connectivity index is 2.63. The second kappa shape index (κ2) is 4.61. The molecule has 0 aromatic heterocycles. The van der Waals surface area contributed by atoms with Gasteiger partial charge in [-0.15, -0.1) is 0 Å². The van der Waals surface area contributed by atoms with Crippen LogP contribution in [0.15, 0.2) is 24.3 Å². The van der Waals surface area contributed by atoms with Gasteiger partial charge in [0.25, 0.3) is 0 Å². The van der Waals surface area contributed by atoms with Gasteiger partial charge in [0.2, 0.25) is 0 Å². The maximum Gasteiger partial charge on any atom is 0.149 e. The summed E-state index contributed by atoms with van der Waals surface area (Å²) in [4.78, 5) is 0. The van der Waals surface area contributed by atoms with E-state index in [0.717, 1.165) is 0 Å². The van der Waals surface area contributed by atoms with Gasteiger partial charge >= 0.3 is 0 Å². The lowest BCUT2D eigenvalue weighted by Gasteiger charge is -2.13. The minimum atomic E-state index is -3.01. The van der Waals surface area contributed by atoms with Crippen molar-refractivity contribution in [1.29, 1.82) is 0 Å². The van der Waals surface area contributed by atoms with Crippen molar-refractivity contribution in [1.82, 2.24) is 0 Å². The molecular formula is C10H14FNO2S. The van der Waals surface area contributed by atoms with E-state index in [1.54, 1.807) is 19.1 Å². The van der Waals surface area contributed by atoms with Crippen molar-refractivity contribution >= 4 is 15.5 Å². The Labute approximate surface area is 89.2 Å². The van der Waals surface area contributed by atoms with Gasteiger partial charge in [-0.25, -0.2) is 12.8 Å². The first-order valence-electron chi connectivity index (χ1n) is 4.56. The summed E-state index contributed by atoms with van der Waals surface area (Å²) in [5, 5.41) is 2.92. The van der Waals surface area contributed by atoms with E-state index in [4.69, 9.17) is 0 Å². The van der Waals surface area contributed by atoms with Crippen LogP contribution in [0.5, 0.6) is 0 Å². The van der Waals surface area contributed by atoms with Gasteiger partial charge in [0.05, 0.1) is 5.75 Å². The van der Waals surface area contributed by atoms with E-state index in [2.05, 4.69) is 5.32 Å². The zero-order valence-electron chi connectivity index (χ0n) is 8.70. The Hall–Kier alpha value is -1.10. The summed E-state index contributed by atoms with van der Waals surface area (Å²) in [7, 11) is -3.01. The Morgan fingerprint density at radius 1 is 1.47 bits per heavy atom. The third-order valence-corrected chi connectivity index (χ3v) is 2.90. The Morgan fingerprint density at radius 2 is 2.13 bits per heavy atom. The molecule has 1 rings (SSSR count). The highest BCUT2D eigenvalue weighted by Gasteiger charge is 2.10. The highest BCUT2D eigenvalue weighted by Crippen LogP contribution is 2.10. The van der Waals surface area contributed by atoms with Gasteiger partial charge in [-0.1, -0.05) is 6.07 Å². The SMILES string of the molecule is CC(CS(C)(=O)=O)Nc1cccc(F)c1. The van der Waals surface area contributed by atoms with Crippen molar-refractivity contribution < 1.29 is 12.8 Å². The van der Waals surface area contributed by atoms with Crippen LogP contribution in [0.2, 0.25) is 0 Å². The maximum atomic E-state index is 12.8. The quantitative estimate of drug-likeness (QED) is 0.857. The molecule has 1 aromatic carbocycles. The Morgan fingerprint density at radius 3 is 2.67 bits per heavy atom. The third kappa shape index (κ3) is 4.78. The van der Waals surface area contributed by atoms with Crippen molar-refractivity contribution in [3.63, 3.8) is 0 Å². The van der Waals surface area contributed by atoms with Crippen LogP contribution in [0.1, 0.15) is 6.92 Å². The molecule has 1 aromatic rings. The van der Waals surface area contributed by atoms with Crippen LogP contribution in [0.4, 0.5) is 10.1 Å². The summed E-state index contributed by atoms with van der Waals surface area (Å²) >= 11 is 0. The van der Waals surface area contributed by atoms with Crippen molar-refractivity contribution in [2.75, 3.05) is 17.3 Å². The van der Waals surface area contributed by atoms with Gasteiger partial charge in [-0.2, -0.15) is 0 Å². The molecule has 0 saturated heterocycles. The van der Waals surface area contributed by atoms with E-state index in [0.29, 0.717) is 5.69 Å². The lowest BCUT2D eigenvalue weighted by Crippen LogP contribution is -2.24. The molecule has 15 heavy (non-hydrogen) atoms. The average Bonchev–Trinajstić information content (AvgIpc) is 1.99. The number of anilines is 1. The highest BCUT2D eigenvalue weighted by molar-refractivity contribution is 7.90. The molecule has 0 fully saturated rings. The average molecular weight is 231 g/mol. The molecular weight excluding hydrogens is 217 g/mol. The molecule has 1 unspecified atom stereocenters. The zero-order valence-corrected chi connectivity index (χ0v) is 9.51. The second-order valence-corrected chi connectivity index (χ2v) is 5.83. The van der Waals surface area contributed by atoms with E-state index < -0.39 is 9.84 Å². The molecule has 0 saturated carbocycles. The predicted molar refractivity (Wildman–Crippen MR) is 59.2 cm³/mol. The van der Waals surface area contributed by atoms with Gasteiger partial charge in [-0.05, 0) is 25.1 Å². The van der Waals surface area contributed by atoms with Crippen LogP contribution in [-0.4, -0.2) is 26.5 Å². The number of benzene rings is 1. The number of hydrogen-bond donors (Lipinski definition) is 1. The second-order valence-electron chi connectivity index (χ2n) is 3.65. The van der Waals surface area contributed by atoms with Crippen molar-refractivity contribution in [2.24, 2.45) is 0 Å². The lowest BCUT2D eigenvalue weighted by atomic mass is 10.3. The van der Waals surface area contributed by atoms with E-state index in [1.807, 2.05) is 0 Å². The Bertz CT molecular complexity index is 431. The molecule has 5 heteroatoms. The first kappa shape index (κ1) is 12.0. The maximum absolute atomic E-state index is 12.8.